The van der Waals surface area contributed by atoms with Crippen LogP contribution < -0.4 is 14.8 Å². The number of benzene rings is 2. The normalized spacial score (nSPS) is 15.2. The molecule has 136 valence electrons. The van der Waals surface area contributed by atoms with Crippen molar-refractivity contribution in [3.05, 3.63) is 75.3 Å². The van der Waals surface area contributed by atoms with Crippen LogP contribution in [-0.2, 0) is 0 Å². The van der Waals surface area contributed by atoms with Crippen LogP contribution in [0.15, 0.2) is 53.9 Å². The fourth-order valence-corrected chi connectivity index (χ4v) is 3.33. The van der Waals surface area contributed by atoms with E-state index in [1.54, 1.807) is 5.38 Å². The minimum absolute atomic E-state index is 0.145. The lowest BCUT2D eigenvalue weighted by molar-refractivity contribution is -0.384. The average molecular weight is 383 g/mol. The summed E-state index contributed by atoms with van der Waals surface area (Å²) in [6.45, 7) is 0.318. The van der Waals surface area contributed by atoms with Gasteiger partial charge in [-0.3, -0.25) is 20.2 Å². The lowest BCUT2D eigenvalue weighted by Crippen LogP contribution is -2.22. The summed E-state index contributed by atoms with van der Waals surface area (Å²) in [7, 11) is 0. The smallest absolute Gasteiger partial charge is 0.270 e. The molecule has 8 nitrogen and oxygen atoms in total. The zero-order chi connectivity index (χ0) is 18.8. The van der Waals surface area contributed by atoms with Crippen molar-refractivity contribution in [2.24, 2.45) is 0 Å². The first-order chi connectivity index (χ1) is 13.1. The Morgan fingerprint density at radius 1 is 1.22 bits per heavy atom. The topological polar surface area (TPSA) is 104 Å². The number of aromatic nitrogens is 1. The molecule has 2 aromatic carbocycles. The van der Waals surface area contributed by atoms with Gasteiger partial charge in [0.05, 0.1) is 10.6 Å². The number of anilines is 1. The van der Waals surface area contributed by atoms with Gasteiger partial charge in [0.25, 0.3) is 11.6 Å². The fourth-order valence-electron chi connectivity index (χ4n) is 2.59. The number of rotatable bonds is 4. The first-order valence-corrected chi connectivity index (χ1v) is 8.88. The molecule has 27 heavy (non-hydrogen) atoms. The Bertz CT molecular complexity index is 1020. The summed E-state index contributed by atoms with van der Waals surface area (Å²) in [6, 6.07) is 12.9. The van der Waals surface area contributed by atoms with Gasteiger partial charge in [0, 0.05) is 23.1 Å². The van der Waals surface area contributed by atoms with E-state index in [1.165, 1.54) is 35.6 Å². The van der Waals surface area contributed by atoms with Crippen molar-refractivity contribution in [2.75, 3.05) is 11.9 Å². The van der Waals surface area contributed by atoms with Crippen LogP contribution in [0.5, 0.6) is 11.5 Å². The van der Waals surface area contributed by atoms with Crippen molar-refractivity contribution in [3.63, 3.8) is 0 Å². The van der Waals surface area contributed by atoms with Gasteiger partial charge in [-0.1, -0.05) is 18.2 Å². The molecule has 1 unspecified atom stereocenters. The van der Waals surface area contributed by atoms with E-state index in [0.29, 0.717) is 28.9 Å². The molecule has 9 heteroatoms. The number of fused-ring (bicyclic) bond motifs is 1. The summed E-state index contributed by atoms with van der Waals surface area (Å²) >= 11 is 1.25. The maximum atomic E-state index is 12.3. The standard InChI is InChI=1S/C18H13N3O5S/c22-17(11-4-3-5-12(8-11)21(23)24)20-18-19-13(10-27-18)16-9-25-14-6-1-2-7-15(14)26-16/h1-8,10,16H,9H2,(H,19,20,22). The molecule has 0 bridgehead atoms. The third-order valence-electron chi connectivity index (χ3n) is 3.90. The van der Waals surface area contributed by atoms with E-state index >= 15 is 0 Å². The molecule has 1 aliphatic rings. The van der Waals surface area contributed by atoms with Gasteiger partial charge < -0.3 is 9.47 Å². The summed E-state index contributed by atoms with van der Waals surface area (Å²) in [6.07, 6.45) is -0.375. The van der Waals surface area contributed by atoms with Crippen LogP contribution in [0.25, 0.3) is 0 Å². The largest absolute Gasteiger partial charge is 0.485 e. The molecule has 0 aliphatic carbocycles. The second-order valence-corrected chi connectivity index (χ2v) is 6.56. The van der Waals surface area contributed by atoms with Gasteiger partial charge in [-0.15, -0.1) is 11.3 Å². The summed E-state index contributed by atoms with van der Waals surface area (Å²) in [5, 5.41) is 15.7. The quantitative estimate of drug-likeness (QED) is 0.543. The monoisotopic (exact) mass is 383 g/mol. The maximum Gasteiger partial charge on any atom is 0.270 e. The number of carbonyl (C=O) groups is 1. The SMILES string of the molecule is O=C(Nc1nc(C2COc3ccccc3O2)cs1)c1cccc([N+](=O)[O-])c1. The van der Waals surface area contributed by atoms with Crippen LogP contribution in [0.1, 0.15) is 22.2 Å². The van der Waals surface area contributed by atoms with Gasteiger partial charge in [-0.25, -0.2) is 4.98 Å². The molecule has 1 atom stereocenters. The highest BCUT2D eigenvalue weighted by molar-refractivity contribution is 7.14. The molecule has 0 radical (unpaired) electrons. The van der Waals surface area contributed by atoms with Gasteiger partial charge in [0.15, 0.2) is 22.7 Å². The molecular formula is C18H13N3O5S. The number of nitro groups is 1. The molecule has 1 aliphatic heterocycles. The van der Waals surface area contributed by atoms with Crippen LogP contribution in [-0.4, -0.2) is 22.4 Å². The second kappa shape index (κ2) is 7.04. The fraction of sp³-hybridized carbons (Fsp3) is 0.111. The Morgan fingerprint density at radius 3 is 2.85 bits per heavy atom. The number of nitro benzene ring substituents is 1. The van der Waals surface area contributed by atoms with Crippen LogP contribution in [0, 0.1) is 10.1 Å². The molecular weight excluding hydrogens is 370 g/mol. The summed E-state index contributed by atoms with van der Waals surface area (Å²) in [4.78, 5) is 27.0. The lowest BCUT2D eigenvalue weighted by atomic mass is 10.2. The Kier molecular flexibility index (Phi) is 4.43. The number of para-hydroxylation sites is 2. The molecule has 3 aromatic rings. The lowest BCUT2D eigenvalue weighted by Gasteiger charge is -2.25. The molecule has 0 spiro atoms. The number of hydrogen-bond acceptors (Lipinski definition) is 7. The van der Waals surface area contributed by atoms with Crippen LogP contribution in [0.3, 0.4) is 0 Å². The van der Waals surface area contributed by atoms with Crippen molar-refractivity contribution >= 4 is 28.1 Å². The van der Waals surface area contributed by atoms with E-state index in [0.717, 1.165) is 0 Å². The summed E-state index contributed by atoms with van der Waals surface area (Å²) < 4.78 is 11.6. The Balaban J connectivity index is 1.46. The Labute approximate surface area is 157 Å². The zero-order valence-electron chi connectivity index (χ0n) is 13.8. The van der Waals surface area contributed by atoms with Crippen molar-refractivity contribution in [1.29, 1.82) is 0 Å². The second-order valence-electron chi connectivity index (χ2n) is 5.70. The van der Waals surface area contributed by atoms with Gasteiger partial charge in [-0.05, 0) is 18.2 Å². The predicted octanol–water partition coefficient (Wildman–Crippen LogP) is 3.82. The molecule has 2 heterocycles. The van der Waals surface area contributed by atoms with Gasteiger partial charge in [0.1, 0.15) is 6.61 Å². The third kappa shape index (κ3) is 3.58. The molecule has 0 fully saturated rings. The van der Waals surface area contributed by atoms with Crippen LogP contribution in [0.4, 0.5) is 10.8 Å². The van der Waals surface area contributed by atoms with Gasteiger partial charge in [0.2, 0.25) is 0 Å². The highest BCUT2D eigenvalue weighted by atomic mass is 32.1. The number of non-ortho nitro benzene ring substituents is 1. The number of hydrogen-bond donors (Lipinski definition) is 1. The van der Waals surface area contributed by atoms with Crippen LogP contribution >= 0.6 is 11.3 Å². The summed E-state index contributed by atoms with van der Waals surface area (Å²) in [5.74, 6) is 0.859. The van der Waals surface area contributed by atoms with E-state index < -0.39 is 10.8 Å². The minimum atomic E-state index is -0.545. The van der Waals surface area contributed by atoms with E-state index in [1.807, 2.05) is 24.3 Å². The molecule has 0 saturated carbocycles. The first-order valence-electron chi connectivity index (χ1n) is 8.00. The predicted molar refractivity (Wildman–Crippen MR) is 98.5 cm³/mol. The molecule has 1 N–H and O–H groups in total. The van der Waals surface area contributed by atoms with E-state index in [9.17, 15) is 14.9 Å². The summed E-state index contributed by atoms with van der Waals surface area (Å²) in [5.41, 5.74) is 0.685. The van der Waals surface area contributed by atoms with Gasteiger partial charge >= 0.3 is 0 Å². The molecule has 1 aromatic heterocycles. The van der Waals surface area contributed by atoms with E-state index in [2.05, 4.69) is 10.3 Å². The first kappa shape index (κ1) is 17.0. The number of thiazole rings is 1. The van der Waals surface area contributed by atoms with E-state index in [4.69, 9.17) is 9.47 Å². The average Bonchev–Trinajstić information content (AvgIpc) is 3.16. The number of ether oxygens (including phenoxy) is 2. The van der Waals surface area contributed by atoms with Gasteiger partial charge in [-0.2, -0.15) is 0 Å². The minimum Gasteiger partial charge on any atom is -0.485 e. The number of amides is 1. The highest BCUT2D eigenvalue weighted by Gasteiger charge is 2.25. The number of carbonyl (C=O) groups excluding carboxylic acids is 1. The number of nitrogens with zero attached hydrogens (tertiary/aromatic N) is 2. The van der Waals surface area contributed by atoms with Crippen molar-refractivity contribution in [3.8, 4) is 11.5 Å². The van der Waals surface area contributed by atoms with E-state index in [-0.39, 0.29) is 17.4 Å². The Morgan fingerprint density at radius 2 is 2.04 bits per heavy atom. The molecule has 4 rings (SSSR count). The maximum absolute atomic E-state index is 12.3. The Hall–Kier alpha value is -3.46. The van der Waals surface area contributed by atoms with Crippen molar-refractivity contribution < 1.29 is 19.2 Å². The third-order valence-corrected chi connectivity index (χ3v) is 4.68. The van der Waals surface area contributed by atoms with Crippen molar-refractivity contribution in [2.45, 2.75) is 6.10 Å². The van der Waals surface area contributed by atoms with Crippen LogP contribution in [0.2, 0.25) is 0 Å². The molecule has 1 amide bonds. The number of nitrogens with one attached hydrogen (secondary N) is 1. The van der Waals surface area contributed by atoms with Crippen molar-refractivity contribution in [1.82, 2.24) is 4.98 Å². The molecule has 0 saturated heterocycles. The zero-order valence-corrected chi connectivity index (χ0v) is 14.6. The highest BCUT2D eigenvalue weighted by Crippen LogP contribution is 2.36.